The van der Waals surface area contributed by atoms with Crippen LogP contribution in [0.15, 0.2) is 36.4 Å². The first-order valence-electron chi connectivity index (χ1n) is 11.3. The molecule has 2 aromatic carbocycles. The summed E-state index contributed by atoms with van der Waals surface area (Å²) < 4.78 is 7.65. The summed E-state index contributed by atoms with van der Waals surface area (Å²) >= 11 is -3.25. The molecule has 2 aliphatic carbocycles. The average Bonchev–Trinajstić information content (AvgIpc) is 3.26. The predicted octanol–water partition coefficient (Wildman–Crippen LogP) is 3.88. The Labute approximate surface area is 183 Å². The summed E-state index contributed by atoms with van der Waals surface area (Å²) in [6.07, 6.45) is 10.5. The fourth-order valence-corrected chi connectivity index (χ4v) is 363. The molecule has 0 aromatic heterocycles. The van der Waals surface area contributed by atoms with Crippen molar-refractivity contribution in [3.05, 3.63) is 80.9 Å². The SMILES string of the molecule is Cc1ccc(C)c2c1C=C[CH]2[Hf]([CH3])([CH3])([CH]1C=Cc2c(C)ccc(C)c21)=[Si]1[SiH2][SiH2][SiH2]1. The van der Waals surface area contributed by atoms with Crippen LogP contribution >= 0.6 is 0 Å². The van der Waals surface area contributed by atoms with Crippen LogP contribution in [0.2, 0.25) is 9.36 Å². The van der Waals surface area contributed by atoms with Crippen LogP contribution < -0.4 is 0 Å². The van der Waals surface area contributed by atoms with E-state index >= 15 is 0 Å². The van der Waals surface area contributed by atoms with Crippen LogP contribution in [0, 0.1) is 27.7 Å². The molecule has 1 heterocycles. The van der Waals surface area contributed by atoms with Crippen LogP contribution in [-0.4, -0.2) is 30.2 Å². The van der Waals surface area contributed by atoms with Gasteiger partial charge in [-0.2, -0.15) is 0 Å². The van der Waals surface area contributed by atoms with Crippen LogP contribution in [0.1, 0.15) is 51.9 Å². The van der Waals surface area contributed by atoms with Crippen molar-refractivity contribution < 1.29 is 17.1 Å². The number of benzene rings is 2. The third kappa shape index (κ3) is 2.73. The van der Waals surface area contributed by atoms with Gasteiger partial charge in [0.1, 0.15) is 0 Å². The number of aryl methyl sites for hydroxylation is 4. The van der Waals surface area contributed by atoms with Gasteiger partial charge in [-0.3, -0.25) is 0 Å². The number of hydrogen-bond acceptors (Lipinski definition) is 0. The second-order valence-electron chi connectivity index (χ2n) is 10.8. The van der Waals surface area contributed by atoms with Crippen molar-refractivity contribution in [3.63, 3.8) is 0 Å². The molecule has 0 bridgehead atoms. The summed E-state index contributed by atoms with van der Waals surface area (Å²) in [4.78, 5) is 0. The summed E-state index contributed by atoms with van der Waals surface area (Å²) in [7, 11) is 1.29. The molecule has 2 atom stereocenters. The topological polar surface area (TPSA) is 0 Å². The number of hydrogen-bond donors (Lipinski definition) is 0. The molecule has 2 aromatic rings. The van der Waals surface area contributed by atoms with Gasteiger partial charge in [-0.1, -0.05) is 0 Å². The van der Waals surface area contributed by atoms with Gasteiger partial charge in [0.15, 0.2) is 0 Å². The predicted molar refractivity (Wildman–Crippen MR) is 138 cm³/mol. The first-order valence-corrected chi connectivity index (χ1v) is 42.2. The van der Waals surface area contributed by atoms with Crippen LogP contribution in [0.25, 0.3) is 12.2 Å². The molecule has 150 valence electrons. The Morgan fingerprint density at radius 3 is 1.48 bits per heavy atom. The zero-order chi connectivity index (χ0) is 20.6. The molecular weight excluding hydrogens is 579 g/mol. The Morgan fingerprint density at radius 2 is 1.10 bits per heavy atom. The molecule has 3 aliphatic rings. The minimum absolute atomic E-state index is 0.0652. The molecule has 29 heavy (non-hydrogen) atoms. The average molecular weight is 613 g/mol. The van der Waals surface area contributed by atoms with Crippen molar-refractivity contribution in [2.75, 3.05) is 0 Å². The van der Waals surface area contributed by atoms with Crippen LogP contribution in [0.3, 0.4) is 0 Å². The molecular formula is C24H34HfSi4. The minimum atomic E-state index is -3.25. The summed E-state index contributed by atoms with van der Waals surface area (Å²) in [6, 6.07) is 9.54. The van der Waals surface area contributed by atoms with E-state index in [1.807, 2.05) is 0 Å². The van der Waals surface area contributed by atoms with Gasteiger partial charge in [-0.05, 0) is 0 Å². The Balaban J connectivity index is 1.82. The van der Waals surface area contributed by atoms with Crippen molar-refractivity contribution in [1.29, 1.82) is 0 Å². The number of allylic oxidation sites excluding steroid dienone is 2. The summed E-state index contributed by atoms with van der Waals surface area (Å²) in [5.74, 6) is 0. The molecule has 0 spiro atoms. The normalized spacial score (nSPS) is 25.1. The summed E-state index contributed by atoms with van der Waals surface area (Å²) in [5.41, 5.74) is 12.8. The van der Waals surface area contributed by atoms with Gasteiger partial charge in [0.25, 0.3) is 0 Å². The molecule has 0 saturated carbocycles. The van der Waals surface area contributed by atoms with Gasteiger partial charge in [0, 0.05) is 0 Å². The van der Waals surface area contributed by atoms with E-state index in [-0.39, 0.29) is 4.53 Å². The first kappa shape index (κ1) is 20.6. The van der Waals surface area contributed by atoms with Crippen LogP contribution in [-0.2, 0) is 17.1 Å². The third-order valence-electron chi connectivity index (χ3n) is 8.97. The van der Waals surface area contributed by atoms with Crippen molar-refractivity contribution in [2.24, 2.45) is 0 Å². The van der Waals surface area contributed by atoms with Gasteiger partial charge in [0.2, 0.25) is 0 Å². The fourth-order valence-electron chi connectivity index (χ4n) is 6.81. The van der Waals surface area contributed by atoms with Gasteiger partial charge in [-0.15, -0.1) is 0 Å². The molecule has 1 aliphatic heterocycles. The van der Waals surface area contributed by atoms with E-state index in [0.717, 1.165) is 7.35 Å². The zero-order valence-electron chi connectivity index (χ0n) is 18.9. The van der Waals surface area contributed by atoms with E-state index in [9.17, 15) is 0 Å². The molecule has 0 radical (unpaired) electrons. The van der Waals surface area contributed by atoms with Gasteiger partial charge in [-0.25, -0.2) is 0 Å². The van der Waals surface area contributed by atoms with Gasteiger partial charge in [0.05, 0.1) is 0 Å². The van der Waals surface area contributed by atoms with Gasteiger partial charge < -0.3 is 0 Å². The fraction of sp³-hybridized carbons (Fsp3) is 0.333. The monoisotopic (exact) mass is 614 g/mol. The van der Waals surface area contributed by atoms with Crippen LogP contribution in [0.5, 0.6) is 0 Å². The maximum absolute atomic E-state index is 3.25. The zero-order valence-corrected chi connectivity index (χ0v) is 27.7. The molecule has 1 fully saturated rings. The van der Waals surface area contributed by atoms with E-state index in [1.54, 1.807) is 33.4 Å². The van der Waals surface area contributed by atoms with Gasteiger partial charge >= 0.3 is 185 Å². The second kappa shape index (κ2) is 6.83. The maximum atomic E-state index is 2.98. The third-order valence-corrected chi connectivity index (χ3v) is 224. The molecule has 5 rings (SSSR count). The number of fused-ring (bicyclic) bond motifs is 2. The number of rotatable bonds is 2. The quantitative estimate of drug-likeness (QED) is 0.452. The van der Waals surface area contributed by atoms with Crippen molar-refractivity contribution >= 4 is 42.3 Å². The Kier molecular flexibility index (Phi) is 4.84. The van der Waals surface area contributed by atoms with E-state index in [0.29, 0.717) is 25.7 Å². The Bertz CT molecular complexity index is 1110. The van der Waals surface area contributed by atoms with E-state index in [2.05, 4.69) is 85.6 Å². The Hall–Kier alpha value is -0.342. The molecule has 2 unspecified atom stereocenters. The second-order valence-corrected chi connectivity index (χ2v) is 101. The first-order chi connectivity index (χ1) is 13.7. The standard InChI is InChI=1S/2C11H11.2CH3.Hf.H6Si4/c2*1-8-6-7-9(2)11-5-3-4-10(8)11;;;;1-2-4-3-1/h2*3-7H,1-2H3;2*1H3;;1-3H2. The molecule has 0 nitrogen and oxygen atoms in total. The van der Waals surface area contributed by atoms with E-state index in [4.69, 9.17) is 0 Å². The Morgan fingerprint density at radius 1 is 0.690 bits per heavy atom. The van der Waals surface area contributed by atoms with Crippen molar-refractivity contribution in [3.8, 4) is 0 Å². The summed E-state index contributed by atoms with van der Waals surface area (Å²) in [5, 5.41) is 0. The molecule has 0 amide bonds. The van der Waals surface area contributed by atoms with E-state index < -0.39 is 17.1 Å². The molecule has 1 saturated heterocycles. The summed E-state index contributed by atoms with van der Waals surface area (Å²) in [6.45, 7) is 9.44. The van der Waals surface area contributed by atoms with Crippen molar-refractivity contribution in [2.45, 2.75) is 44.4 Å². The van der Waals surface area contributed by atoms with Crippen LogP contribution in [0.4, 0.5) is 0 Å². The molecule has 5 heteroatoms. The van der Waals surface area contributed by atoms with Crippen molar-refractivity contribution in [1.82, 2.24) is 0 Å². The molecule has 0 N–H and O–H groups in total. The van der Waals surface area contributed by atoms with E-state index in [1.165, 1.54) is 11.1 Å².